The summed E-state index contributed by atoms with van der Waals surface area (Å²) in [6, 6.07) is 18.6. The highest BCUT2D eigenvalue weighted by molar-refractivity contribution is 7.98. The lowest BCUT2D eigenvalue weighted by atomic mass is 10.1. The number of nitrogens with zero attached hydrogens (tertiary/aromatic N) is 3. The molecule has 0 fully saturated rings. The van der Waals surface area contributed by atoms with Crippen LogP contribution >= 0.6 is 11.8 Å². The Labute approximate surface area is 199 Å². The van der Waals surface area contributed by atoms with Crippen molar-refractivity contribution >= 4 is 11.8 Å². The minimum absolute atomic E-state index is 0.439. The van der Waals surface area contributed by atoms with Gasteiger partial charge in [0.2, 0.25) is 0 Å². The zero-order valence-electron chi connectivity index (χ0n) is 18.8. The van der Waals surface area contributed by atoms with Crippen molar-refractivity contribution in [1.29, 1.82) is 0 Å². The van der Waals surface area contributed by atoms with Gasteiger partial charge in [-0.05, 0) is 55.0 Å². The molecule has 0 aliphatic carbocycles. The van der Waals surface area contributed by atoms with Gasteiger partial charge in [0.05, 0.1) is 19.8 Å². The van der Waals surface area contributed by atoms with Crippen molar-refractivity contribution < 1.29 is 22.6 Å². The summed E-state index contributed by atoms with van der Waals surface area (Å²) in [7, 11) is 3.14. The van der Waals surface area contributed by atoms with Gasteiger partial charge in [-0.25, -0.2) is 0 Å². The molecule has 0 bridgehead atoms. The molecule has 4 aromatic rings. The second-order valence-corrected chi connectivity index (χ2v) is 8.47. The second-order valence-electron chi connectivity index (χ2n) is 7.53. The maximum atomic E-state index is 12.9. The molecule has 0 saturated carbocycles. The van der Waals surface area contributed by atoms with E-state index in [0.717, 1.165) is 34.5 Å². The van der Waals surface area contributed by atoms with Crippen LogP contribution in [0, 0.1) is 6.92 Å². The van der Waals surface area contributed by atoms with Gasteiger partial charge in [0.15, 0.2) is 22.5 Å². The molecule has 0 unspecified atom stereocenters. The van der Waals surface area contributed by atoms with Crippen LogP contribution in [0.2, 0.25) is 0 Å². The summed E-state index contributed by atoms with van der Waals surface area (Å²) in [5.41, 5.74) is 2.86. The van der Waals surface area contributed by atoms with Gasteiger partial charge >= 0.3 is 6.18 Å². The van der Waals surface area contributed by atoms with E-state index in [1.54, 1.807) is 20.3 Å². The first-order chi connectivity index (χ1) is 16.3. The maximum Gasteiger partial charge on any atom is 0.416 e. The molecule has 3 aromatic carbocycles. The van der Waals surface area contributed by atoms with Crippen molar-refractivity contribution in [2.24, 2.45) is 0 Å². The molecule has 1 heterocycles. The number of hydrogen-bond acceptors (Lipinski definition) is 5. The Hall–Kier alpha value is -3.46. The molecule has 0 N–H and O–H groups in total. The van der Waals surface area contributed by atoms with Crippen molar-refractivity contribution in [1.82, 2.24) is 14.8 Å². The fourth-order valence-corrected chi connectivity index (χ4v) is 4.30. The van der Waals surface area contributed by atoms with Crippen LogP contribution in [0.4, 0.5) is 13.2 Å². The van der Waals surface area contributed by atoms with Crippen LogP contribution in [0.25, 0.3) is 17.1 Å². The molecule has 0 radical (unpaired) electrons. The van der Waals surface area contributed by atoms with E-state index in [9.17, 15) is 13.2 Å². The van der Waals surface area contributed by atoms with Gasteiger partial charge in [-0.15, -0.1) is 10.2 Å². The largest absolute Gasteiger partial charge is 0.493 e. The van der Waals surface area contributed by atoms with Crippen molar-refractivity contribution in [3.8, 4) is 28.6 Å². The number of methoxy groups -OCH3 is 2. The van der Waals surface area contributed by atoms with Crippen molar-refractivity contribution in [2.75, 3.05) is 14.2 Å². The molecule has 5 nitrogen and oxygen atoms in total. The molecular formula is C25H22F3N3O2S. The third kappa shape index (κ3) is 5.04. The van der Waals surface area contributed by atoms with Crippen molar-refractivity contribution in [3.63, 3.8) is 0 Å². The summed E-state index contributed by atoms with van der Waals surface area (Å²) in [5, 5.41) is 9.43. The molecule has 0 atom stereocenters. The number of aromatic nitrogens is 3. The van der Waals surface area contributed by atoms with Gasteiger partial charge in [0, 0.05) is 17.0 Å². The third-order valence-electron chi connectivity index (χ3n) is 5.22. The lowest BCUT2D eigenvalue weighted by Crippen LogP contribution is -2.04. The van der Waals surface area contributed by atoms with E-state index in [1.165, 1.54) is 23.9 Å². The van der Waals surface area contributed by atoms with Crippen LogP contribution in [0.15, 0.2) is 71.9 Å². The zero-order chi connectivity index (χ0) is 24.3. The highest BCUT2D eigenvalue weighted by Gasteiger charge is 2.30. The Morgan fingerprint density at radius 2 is 1.53 bits per heavy atom. The van der Waals surface area contributed by atoms with Crippen LogP contribution in [0.3, 0.4) is 0 Å². The number of thioether (sulfide) groups is 1. The monoisotopic (exact) mass is 485 g/mol. The smallest absolute Gasteiger partial charge is 0.416 e. The van der Waals surface area contributed by atoms with Crippen LogP contribution in [-0.4, -0.2) is 29.0 Å². The summed E-state index contributed by atoms with van der Waals surface area (Å²) in [5.74, 6) is 2.22. The quantitative estimate of drug-likeness (QED) is 0.277. The number of alkyl halides is 3. The maximum absolute atomic E-state index is 12.9. The Kier molecular flexibility index (Phi) is 6.83. The van der Waals surface area contributed by atoms with Crippen LogP contribution in [-0.2, 0) is 11.9 Å². The fourth-order valence-electron chi connectivity index (χ4n) is 3.39. The van der Waals surface area contributed by atoms with E-state index in [2.05, 4.69) is 10.2 Å². The predicted molar refractivity (Wildman–Crippen MR) is 126 cm³/mol. The van der Waals surface area contributed by atoms with Crippen LogP contribution in [0.5, 0.6) is 11.5 Å². The number of aryl methyl sites for hydroxylation is 1. The van der Waals surface area contributed by atoms with Gasteiger partial charge in [-0.3, -0.25) is 4.57 Å². The standard InChI is InChI=1S/C25H22F3N3O2S/c1-16-4-11-20(12-5-16)31-23(18-8-13-21(32-2)22(14-18)33-3)29-30-24(31)34-15-17-6-9-19(10-7-17)25(26,27)28/h4-14H,15H2,1-3H3. The van der Waals surface area contributed by atoms with Crippen molar-refractivity contribution in [2.45, 2.75) is 24.0 Å². The Morgan fingerprint density at radius 1 is 0.853 bits per heavy atom. The minimum atomic E-state index is -4.36. The first-order valence-electron chi connectivity index (χ1n) is 10.3. The van der Waals surface area contributed by atoms with Gasteiger partial charge < -0.3 is 9.47 Å². The number of benzene rings is 3. The van der Waals surface area contributed by atoms with Crippen molar-refractivity contribution in [3.05, 3.63) is 83.4 Å². The molecule has 0 aliphatic heterocycles. The molecule has 0 aliphatic rings. The first kappa shape index (κ1) is 23.7. The summed E-state index contributed by atoms with van der Waals surface area (Å²) in [6.45, 7) is 2.01. The van der Waals surface area contributed by atoms with Crippen LogP contribution in [0.1, 0.15) is 16.7 Å². The van der Waals surface area contributed by atoms with Gasteiger partial charge in [-0.1, -0.05) is 41.6 Å². The molecule has 0 amide bonds. The van der Waals surface area contributed by atoms with E-state index < -0.39 is 11.7 Å². The van der Waals surface area contributed by atoms with E-state index in [1.807, 2.05) is 47.9 Å². The minimum Gasteiger partial charge on any atom is -0.493 e. The summed E-state index contributed by atoms with van der Waals surface area (Å²) in [6.07, 6.45) is -4.36. The Morgan fingerprint density at radius 3 is 2.15 bits per heavy atom. The van der Waals surface area contributed by atoms with E-state index in [4.69, 9.17) is 9.47 Å². The van der Waals surface area contributed by atoms with Gasteiger partial charge in [0.1, 0.15) is 0 Å². The molecule has 176 valence electrons. The van der Waals surface area contributed by atoms with E-state index in [-0.39, 0.29) is 0 Å². The Bertz CT molecular complexity index is 1270. The lowest BCUT2D eigenvalue weighted by molar-refractivity contribution is -0.137. The highest BCUT2D eigenvalue weighted by atomic mass is 32.2. The Balaban J connectivity index is 1.69. The third-order valence-corrected chi connectivity index (χ3v) is 6.22. The number of ether oxygens (including phenoxy) is 2. The average molecular weight is 486 g/mol. The van der Waals surface area contributed by atoms with Gasteiger partial charge in [-0.2, -0.15) is 13.2 Å². The number of hydrogen-bond donors (Lipinski definition) is 0. The average Bonchev–Trinajstić information content (AvgIpc) is 3.26. The molecule has 9 heteroatoms. The van der Waals surface area contributed by atoms with Gasteiger partial charge in [0.25, 0.3) is 0 Å². The molecule has 34 heavy (non-hydrogen) atoms. The van der Waals surface area contributed by atoms with E-state index in [0.29, 0.717) is 28.2 Å². The SMILES string of the molecule is COc1ccc(-c2nnc(SCc3ccc(C(F)(F)F)cc3)n2-c2ccc(C)cc2)cc1OC. The predicted octanol–water partition coefficient (Wildman–Crippen LogP) is 6.57. The molecular weight excluding hydrogens is 463 g/mol. The lowest BCUT2D eigenvalue weighted by Gasteiger charge is -2.13. The number of halogens is 3. The topological polar surface area (TPSA) is 49.2 Å². The molecule has 0 saturated heterocycles. The molecule has 0 spiro atoms. The summed E-state index contributed by atoms with van der Waals surface area (Å²) >= 11 is 1.40. The molecule has 4 rings (SSSR count). The normalized spacial score (nSPS) is 11.5. The fraction of sp³-hybridized carbons (Fsp3) is 0.200. The number of rotatable bonds is 7. The summed E-state index contributed by atoms with van der Waals surface area (Å²) < 4.78 is 51.3. The first-order valence-corrected chi connectivity index (χ1v) is 11.3. The summed E-state index contributed by atoms with van der Waals surface area (Å²) in [4.78, 5) is 0. The highest BCUT2D eigenvalue weighted by Crippen LogP contribution is 2.35. The molecule has 1 aromatic heterocycles. The van der Waals surface area contributed by atoms with E-state index >= 15 is 0 Å². The van der Waals surface area contributed by atoms with Crippen LogP contribution < -0.4 is 9.47 Å². The zero-order valence-corrected chi connectivity index (χ0v) is 19.6. The second kappa shape index (κ2) is 9.80.